The van der Waals surface area contributed by atoms with Gasteiger partial charge in [0, 0.05) is 18.7 Å². The number of halogens is 1. The number of amides is 2. The highest BCUT2D eigenvalue weighted by Crippen LogP contribution is 2.31. The van der Waals surface area contributed by atoms with Crippen molar-refractivity contribution in [3.8, 4) is 0 Å². The van der Waals surface area contributed by atoms with E-state index in [1.165, 1.54) is 17.0 Å². The van der Waals surface area contributed by atoms with Crippen LogP contribution in [0.1, 0.15) is 17.5 Å². The van der Waals surface area contributed by atoms with Crippen molar-refractivity contribution in [2.75, 3.05) is 18.1 Å². The van der Waals surface area contributed by atoms with E-state index in [0.717, 1.165) is 12.1 Å². The third-order valence-corrected chi connectivity index (χ3v) is 5.03. The smallest absolute Gasteiger partial charge is 0.348 e. The molecule has 0 saturated heterocycles. The molecule has 0 atom stereocenters. The Morgan fingerprint density at radius 1 is 0.879 bits per heavy atom. The fourth-order valence-electron chi connectivity index (χ4n) is 3.31. The van der Waals surface area contributed by atoms with Gasteiger partial charge in [-0.25, -0.2) is 9.18 Å². The molecule has 8 heteroatoms. The molecule has 0 heterocycles. The van der Waals surface area contributed by atoms with Crippen molar-refractivity contribution < 1.29 is 28.6 Å². The van der Waals surface area contributed by atoms with Gasteiger partial charge in [0.15, 0.2) is 6.61 Å². The maximum absolute atomic E-state index is 13.3. The summed E-state index contributed by atoms with van der Waals surface area (Å²) in [6, 6.07) is 21.5. The molecule has 170 valence electrons. The van der Waals surface area contributed by atoms with Crippen molar-refractivity contribution in [2.45, 2.75) is 12.0 Å². The number of carbonyl (C=O) groups excluding carboxylic acids is 3. The Morgan fingerprint density at radius 3 is 1.88 bits per heavy atom. The van der Waals surface area contributed by atoms with Gasteiger partial charge >= 0.3 is 5.97 Å². The molecular formula is C25H23FN2O5. The molecule has 3 N–H and O–H groups in total. The van der Waals surface area contributed by atoms with Crippen LogP contribution in [0.25, 0.3) is 0 Å². The van der Waals surface area contributed by atoms with E-state index in [1.54, 1.807) is 60.7 Å². The summed E-state index contributed by atoms with van der Waals surface area (Å²) in [5.74, 6) is -2.83. The Kier molecular flexibility index (Phi) is 7.53. The van der Waals surface area contributed by atoms with Crippen LogP contribution in [0.3, 0.4) is 0 Å². The lowest BCUT2D eigenvalue weighted by Gasteiger charge is -2.28. The van der Waals surface area contributed by atoms with Gasteiger partial charge in [-0.3, -0.25) is 9.59 Å². The molecule has 0 fully saturated rings. The average molecular weight is 450 g/mol. The highest BCUT2D eigenvalue weighted by molar-refractivity contribution is 5.96. The third kappa shape index (κ3) is 5.61. The number of anilines is 1. The summed E-state index contributed by atoms with van der Waals surface area (Å²) < 4.78 is 18.5. The Morgan fingerprint density at radius 2 is 1.39 bits per heavy atom. The van der Waals surface area contributed by atoms with Gasteiger partial charge in [0.05, 0.1) is 0 Å². The Labute approximate surface area is 190 Å². The topological polar surface area (TPSA) is 110 Å². The van der Waals surface area contributed by atoms with Crippen LogP contribution in [0.15, 0.2) is 84.9 Å². The number of hydrogen-bond acceptors (Lipinski definition) is 5. The van der Waals surface area contributed by atoms with Crippen LogP contribution in [0.2, 0.25) is 0 Å². The molecule has 33 heavy (non-hydrogen) atoms. The lowest BCUT2D eigenvalue weighted by Crippen LogP contribution is -2.42. The molecule has 0 radical (unpaired) electrons. The minimum Gasteiger partial charge on any atom is -0.453 e. The van der Waals surface area contributed by atoms with Gasteiger partial charge in [-0.15, -0.1) is 0 Å². The molecule has 0 aliphatic heterocycles. The van der Waals surface area contributed by atoms with Crippen molar-refractivity contribution in [2.24, 2.45) is 5.73 Å². The second-order valence-corrected chi connectivity index (χ2v) is 7.26. The van der Waals surface area contributed by atoms with Crippen molar-refractivity contribution in [1.29, 1.82) is 0 Å². The lowest BCUT2D eigenvalue weighted by atomic mass is 9.86. The van der Waals surface area contributed by atoms with Gasteiger partial charge in [0.25, 0.3) is 5.91 Å². The molecule has 3 aromatic rings. The van der Waals surface area contributed by atoms with E-state index < -0.39 is 35.8 Å². The van der Waals surface area contributed by atoms with Gasteiger partial charge in [-0.2, -0.15) is 0 Å². The molecule has 2 amide bonds. The van der Waals surface area contributed by atoms with Crippen LogP contribution in [-0.4, -0.2) is 36.0 Å². The lowest BCUT2D eigenvalue weighted by molar-refractivity contribution is -0.164. The number of esters is 1. The summed E-state index contributed by atoms with van der Waals surface area (Å²) in [5, 5.41) is 11.4. The number of rotatable bonds is 9. The number of hydrogen-bond donors (Lipinski definition) is 2. The second-order valence-electron chi connectivity index (χ2n) is 7.26. The number of nitrogens with two attached hydrogens (primary N) is 1. The van der Waals surface area contributed by atoms with Gasteiger partial charge in [0.1, 0.15) is 5.82 Å². The zero-order chi connectivity index (χ0) is 23.8. The summed E-state index contributed by atoms with van der Waals surface area (Å²) in [4.78, 5) is 38.3. The normalized spacial score (nSPS) is 11.0. The standard InChI is InChI=1S/C25H23FN2O5/c26-20-11-13-21(14-12-20)28(16-15-22(27)29)23(30)17-33-24(31)25(32,18-7-3-1-4-8-18)19-9-5-2-6-10-19/h1-14,32H,15-17H2,(H2,27,29). The average Bonchev–Trinajstić information content (AvgIpc) is 2.84. The molecule has 0 aromatic heterocycles. The second kappa shape index (κ2) is 10.5. The molecule has 0 bridgehead atoms. The summed E-state index contributed by atoms with van der Waals surface area (Å²) in [6.45, 7) is -0.796. The van der Waals surface area contributed by atoms with Gasteiger partial charge < -0.3 is 20.5 Å². The summed E-state index contributed by atoms with van der Waals surface area (Å²) in [7, 11) is 0. The number of carbonyl (C=O) groups is 3. The van der Waals surface area contributed by atoms with Crippen LogP contribution in [-0.2, 0) is 24.7 Å². The number of ether oxygens (including phenoxy) is 1. The SMILES string of the molecule is NC(=O)CCN(C(=O)COC(=O)C(O)(c1ccccc1)c1ccccc1)c1ccc(F)cc1. The van der Waals surface area contributed by atoms with Crippen LogP contribution in [0.4, 0.5) is 10.1 Å². The molecule has 0 spiro atoms. The van der Waals surface area contributed by atoms with E-state index in [-0.39, 0.29) is 24.1 Å². The largest absolute Gasteiger partial charge is 0.453 e. The predicted molar refractivity (Wildman–Crippen MR) is 119 cm³/mol. The van der Waals surface area contributed by atoms with E-state index in [1.807, 2.05) is 0 Å². The first kappa shape index (κ1) is 23.6. The maximum atomic E-state index is 13.3. The van der Waals surface area contributed by atoms with E-state index in [9.17, 15) is 23.9 Å². The van der Waals surface area contributed by atoms with E-state index in [0.29, 0.717) is 5.69 Å². The van der Waals surface area contributed by atoms with Crippen LogP contribution in [0, 0.1) is 5.82 Å². The maximum Gasteiger partial charge on any atom is 0.348 e. The zero-order valence-corrected chi connectivity index (χ0v) is 17.7. The highest BCUT2D eigenvalue weighted by atomic mass is 19.1. The molecule has 0 saturated carbocycles. The molecule has 3 rings (SSSR count). The molecule has 0 aliphatic rings. The van der Waals surface area contributed by atoms with E-state index in [4.69, 9.17) is 10.5 Å². The summed E-state index contributed by atoms with van der Waals surface area (Å²) >= 11 is 0. The fraction of sp³-hybridized carbons (Fsp3) is 0.160. The number of primary amides is 1. The van der Waals surface area contributed by atoms with Crippen LogP contribution in [0.5, 0.6) is 0 Å². The molecule has 0 unspecified atom stereocenters. The van der Waals surface area contributed by atoms with Gasteiger partial charge in [0.2, 0.25) is 11.5 Å². The minimum atomic E-state index is -2.14. The number of nitrogens with zero attached hydrogens (tertiary/aromatic N) is 1. The third-order valence-electron chi connectivity index (χ3n) is 5.03. The predicted octanol–water partition coefficient (Wildman–Crippen LogP) is 2.51. The van der Waals surface area contributed by atoms with Crippen LogP contribution < -0.4 is 10.6 Å². The first-order valence-corrected chi connectivity index (χ1v) is 10.2. The Balaban J connectivity index is 1.82. The first-order chi connectivity index (χ1) is 15.8. The summed E-state index contributed by atoms with van der Waals surface area (Å²) in [5.41, 5.74) is 3.91. The van der Waals surface area contributed by atoms with E-state index in [2.05, 4.69) is 0 Å². The highest BCUT2D eigenvalue weighted by Gasteiger charge is 2.42. The summed E-state index contributed by atoms with van der Waals surface area (Å²) in [6.07, 6.45) is -0.144. The number of benzene rings is 3. The quantitative estimate of drug-likeness (QED) is 0.487. The van der Waals surface area contributed by atoms with E-state index >= 15 is 0 Å². The monoisotopic (exact) mass is 450 g/mol. The molecule has 0 aliphatic carbocycles. The number of aliphatic hydroxyl groups is 1. The van der Waals surface area contributed by atoms with Gasteiger partial charge in [-0.05, 0) is 35.4 Å². The van der Waals surface area contributed by atoms with Crippen molar-refractivity contribution >= 4 is 23.5 Å². The first-order valence-electron chi connectivity index (χ1n) is 10.2. The van der Waals surface area contributed by atoms with Crippen LogP contribution >= 0.6 is 0 Å². The Hall–Kier alpha value is -4.04. The molecule has 7 nitrogen and oxygen atoms in total. The zero-order valence-electron chi connectivity index (χ0n) is 17.7. The molecule has 3 aromatic carbocycles. The van der Waals surface area contributed by atoms with Gasteiger partial charge in [-0.1, -0.05) is 60.7 Å². The molecular weight excluding hydrogens is 427 g/mol. The van der Waals surface area contributed by atoms with Crippen molar-refractivity contribution in [3.05, 3.63) is 102 Å². The van der Waals surface area contributed by atoms with Crippen molar-refractivity contribution in [1.82, 2.24) is 0 Å². The van der Waals surface area contributed by atoms with Crippen molar-refractivity contribution in [3.63, 3.8) is 0 Å². The fourth-order valence-corrected chi connectivity index (χ4v) is 3.31. The minimum absolute atomic E-state index is 0.0843. The Bertz CT molecular complexity index is 1070.